The number of nitrogens with zero attached hydrogens (tertiary/aromatic N) is 1. The lowest BCUT2D eigenvalue weighted by Gasteiger charge is -2.33. The van der Waals surface area contributed by atoms with Crippen LogP contribution < -0.4 is 5.32 Å². The fraction of sp³-hybridized carbons (Fsp3) is 0.632. The summed E-state index contributed by atoms with van der Waals surface area (Å²) in [7, 11) is 0. The lowest BCUT2D eigenvalue weighted by Crippen LogP contribution is -2.46. The van der Waals surface area contributed by atoms with Gasteiger partial charge in [-0.25, -0.2) is 0 Å². The van der Waals surface area contributed by atoms with Crippen molar-refractivity contribution in [3.8, 4) is 0 Å². The molecule has 2 aliphatic carbocycles. The van der Waals surface area contributed by atoms with E-state index in [1.54, 1.807) is 0 Å². The predicted octanol–water partition coefficient (Wildman–Crippen LogP) is 4.51. The van der Waals surface area contributed by atoms with Crippen molar-refractivity contribution in [3.63, 3.8) is 0 Å². The molecule has 1 N–H and O–H groups in total. The third kappa shape index (κ3) is 4.63. The highest BCUT2D eigenvalue weighted by atomic mass is 35.5. The van der Waals surface area contributed by atoms with E-state index in [9.17, 15) is 4.79 Å². The molecular formula is C19H25Cl3N2O. The van der Waals surface area contributed by atoms with Gasteiger partial charge < -0.3 is 10.2 Å². The van der Waals surface area contributed by atoms with E-state index in [1.165, 1.54) is 19.4 Å². The van der Waals surface area contributed by atoms with Gasteiger partial charge in [0.05, 0.1) is 10.0 Å². The highest BCUT2D eigenvalue weighted by molar-refractivity contribution is 6.42. The summed E-state index contributed by atoms with van der Waals surface area (Å²) in [5.74, 6) is 1.70. The van der Waals surface area contributed by atoms with Gasteiger partial charge in [-0.3, -0.25) is 4.79 Å². The highest BCUT2D eigenvalue weighted by Crippen LogP contribution is 2.49. The lowest BCUT2D eigenvalue weighted by molar-refractivity contribution is -0.133. The van der Waals surface area contributed by atoms with Crippen LogP contribution in [-0.2, 0) is 4.79 Å². The van der Waals surface area contributed by atoms with Crippen LogP contribution in [0.4, 0.5) is 0 Å². The molecular weight excluding hydrogens is 379 g/mol. The van der Waals surface area contributed by atoms with Crippen molar-refractivity contribution in [2.24, 2.45) is 11.8 Å². The number of piperidine rings is 1. The van der Waals surface area contributed by atoms with Gasteiger partial charge in [-0.1, -0.05) is 29.3 Å². The van der Waals surface area contributed by atoms with Crippen LogP contribution in [0.1, 0.15) is 43.6 Å². The number of amides is 1. The molecule has 1 aromatic carbocycles. The van der Waals surface area contributed by atoms with Crippen molar-refractivity contribution in [1.82, 2.24) is 10.2 Å². The Balaban J connectivity index is 0.00000182. The van der Waals surface area contributed by atoms with Gasteiger partial charge in [0.2, 0.25) is 5.91 Å². The van der Waals surface area contributed by atoms with E-state index >= 15 is 0 Å². The minimum absolute atomic E-state index is 0. The average Bonchev–Trinajstić information content (AvgIpc) is 3.49. The molecule has 1 heterocycles. The van der Waals surface area contributed by atoms with Gasteiger partial charge >= 0.3 is 0 Å². The van der Waals surface area contributed by atoms with Crippen molar-refractivity contribution in [2.45, 2.75) is 44.1 Å². The number of halogens is 3. The first-order chi connectivity index (χ1) is 11.6. The summed E-state index contributed by atoms with van der Waals surface area (Å²) < 4.78 is 0. The minimum atomic E-state index is 0. The van der Waals surface area contributed by atoms with Crippen molar-refractivity contribution in [2.75, 3.05) is 19.6 Å². The smallest absolute Gasteiger partial charge is 0.226 e. The van der Waals surface area contributed by atoms with Crippen LogP contribution in [0.25, 0.3) is 0 Å². The number of hydrogen-bond donors (Lipinski definition) is 1. The zero-order valence-electron chi connectivity index (χ0n) is 14.2. The molecule has 3 aliphatic rings. The second-order valence-corrected chi connectivity index (χ2v) is 8.39. The van der Waals surface area contributed by atoms with Crippen LogP contribution >= 0.6 is 35.6 Å². The number of carbonyl (C=O) groups excluding carboxylic acids is 1. The number of likely N-dealkylation sites (tertiary alicyclic amines) is 1. The molecule has 0 bridgehead atoms. The summed E-state index contributed by atoms with van der Waals surface area (Å²) in [5.41, 5.74) is 1.14. The number of hydrogen-bond acceptors (Lipinski definition) is 2. The Kier molecular flexibility index (Phi) is 6.20. The molecule has 2 saturated carbocycles. The van der Waals surface area contributed by atoms with E-state index in [0.717, 1.165) is 43.8 Å². The van der Waals surface area contributed by atoms with Gasteiger partial charge in [0.15, 0.2) is 0 Å². The van der Waals surface area contributed by atoms with Gasteiger partial charge in [-0.15, -0.1) is 12.4 Å². The van der Waals surface area contributed by atoms with Crippen molar-refractivity contribution in [3.05, 3.63) is 33.8 Å². The normalized spacial score (nSPS) is 26.2. The summed E-state index contributed by atoms with van der Waals surface area (Å²) in [6.45, 7) is 2.96. The first-order valence-corrected chi connectivity index (χ1v) is 9.84. The first-order valence-electron chi connectivity index (χ1n) is 9.09. The number of carbonyl (C=O) groups is 1. The lowest BCUT2D eigenvalue weighted by atomic mass is 10.0. The highest BCUT2D eigenvalue weighted by Gasteiger charge is 2.46. The van der Waals surface area contributed by atoms with Crippen LogP contribution in [0.5, 0.6) is 0 Å². The van der Waals surface area contributed by atoms with Gasteiger partial charge in [-0.2, -0.15) is 0 Å². The van der Waals surface area contributed by atoms with E-state index in [4.69, 9.17) is 23.2 Å². The third-order valence-corrected chi connectivity index (χ3v) is 6.42. The predicted molar refractivity (Wildman–Crippen MR) is 105 cm³/mol. The fourth-order valence-electron chi connectivity index (χ4n) is 3.77. The monoisotopic (exact) mass is 402 g/mol. The van der Waals surface area contributed by atoms with Gasteiger partial charge in [0, 0.05) is 25.0 Å². The standard InChI is InChI=1S/C19H24Cl2N2O.ClH/c20-17-4-3-13(9-18(17)21)15-10-16(15)19(24)23-7-5-14(6-8-23)22-11-12-1-2-12;/h3-4,9,12,14-16,22H,1-2,5-8,10-11H2;1H. The number of benzene rings is 1. The zero-order valence-corrected chi connectivity index (χ0v) is 16.5. The van der Waals surface area contributed by atoms with Gasteiger partial charge in [-0.05, 0) is 68.2 Å². The number of nitrogens with one attached hydrogen (secondary N) is 1. The molecule has 25 heavy (non-hydrogen) atoms. The van der Waals surface area contributed by atoms with E-state index in [1.807, 2.05) is 18.2 Å². The maximum absolute atomic E-state index is 12.7. The van der Waals surface area contributed by atoms with Crippen LogP contribution in [-0.4, -0.2) is 36.5 Å². The van der Waals surface area contributed by atoms with Crippen LogP contribution in [0.3, 0.4) is 0 Å². The molecule has 2 unspecified atom stereocenters. The van der Waals surface area contributed by atoms with E-state index in [2.05, 4.69) is 10.2 Å². The largest absolute Gasteiger partial charge is 0.342 e. The third-order valence-electron chi connectivity index (χ3n) is 5.68. The van der Waals surface area contributed by atoms with Crippen molar-refractivity contribution >= 4 is 41.5 Å². The van der Waals surface area contributed by atoms with Crippen molar-refractivity contribution in [1.29, 1.82) is 0 Å². The Bertz CT molecular complexity index is 627. The van der Waals surface area contributed by atoms with Crippen LogP contribution in [0.15, 0.2) is 18.2 Å². The SMILES string of the molecule is Cl.O=C(C1CC1c1ccc(Cl)c(Cl)c1)N1CCC(NCC2CC2)CC1. The molecule has 2 atom stereocenters. The molecule has 0 aromatic heterocycles. The van der Waals surface area contributed by atoms with E-state index in [-0.39, 0.29) is 18.3 Å². The Hall–Kier alpha value is -0.480. The van der Waals surface area contributed by atoms with Gasteiger partial charge in [0.25, 0.3) is 0 Å². The molecule has 1 amide bonds. The molecule has 4 rings (SSSR count). The zero-order chi connectivity index (χ0) is 16.7. The fourth-order valence-corrected chi connectivity index (χ4v) is 4.08. The summed E-state index contributed by atoms with van der Waals surface area (Å²) >= 11 is 12.1. The Labute approximate surface area is 165 Å². The molecule has 1 saturated heterocycles. The average molecular weight is 404 g/mol. The molecule has 1 aromatic rings. The summed E-state index contributed by atoms with van der Waals surface area (Å²) in [5, 5.41) is 4.82. The quantitative estimate of drug-likeness (QED) is 0.784. The van der Waals surface area contributed by atoms with Crippen LogP contribution in [0.2, 0.25) is 10.0 Å². The van der Waals surface area contributed by atoms with Crippen LogP contribution in [0, 0.1) is 11.8 Å². The van der Waals surface area contributed by atoms with Crippen molar-refractivity contribution < 1.29 is 4.79 Å². The maximum Gasteiger partial charge on any atom is 0.226 e. The molecule has 138 valence electrons. The molecule has 0 spiro atoms. The molecule has 6 heteroatoms. The Morgan fingerprint density at radius 1 is 1.12 bits per heavy atom. The maximum atomic E-state index is 12.7. The second-order valence-electron chi connectivity index (χ2n) is 7.57. The van der Waals surface area contributed by atoms with Gasteiger partial charge in [0.1, 0.15) is 0 Å². The van der Waals surface area contributed by atoms with E-state index < -0.39 is 0 Å². The minimum Gasteiger partial charge on any atom is -0.342 e. The second kappa shape index (κ2) is 8.04. The Morgan fingerprint density at radius 3 is 2.48 bits per heavy atom. The topological polar surface area (TPSA) is 32.3 Å². The molecule has 3 nitrogen and oxygen atoms in total. The molecule has 3 fully saturated rings. The molecule has 1 aliphatic heterocycles. The molecule has 0 radical (unpaired) electrons. The Morgan fingerprint density at radius 2 is 1.84 bits per heavy atom. The first kappa shape index (κ1) is 19.3. The number of rotatable bonds is 5. The summed E-state index contributed by atoms with van der Waals surface area (Å²) in [6, 6.07) is 6.34. The van der Waals surface area contributed by atoms with E-state index in [0.29, 0.717) is 27.9 Å². The summed E-state index contributed by atoms with van der Waals surface area (Å²) in [6.07, 6.45) is 5.89. The summed E-state index contributed by atoms with van der Waals surface area (Å²) in [4.78, 5) is 14.8.